The third-order valence-corrected chi connectivity index (χ3v) is 3.56. The monoisotopic (exact) mass is 317 g/mol. The van der Waals surface area contributed by atoms with Gasteiger partial charge >= 0.3 is 12.1 Å². The molecule has 0 aliphatic heterocycles. The van der Waals surface area contributed by atoms with Crippen molar-refractivity contribution in [3.8, 4) is 0 Å². The van der Waals surface area contributed by atoms with Gasteiger partial charge in [0.2, 0.25) is 0 Å². The summed E-state index contributed by atoms with van der Waals surface area (Å²) in [6, 6.07) is 8.10. The molecule has 0 saturated heterocycles. The van der Waals surface area contributed by atoms with Gasteiger partial charge in [0.1, 0.15) is 12.6 Å². The maximum atomic E-state index is 11.8. The van der Waals surface area contributed by atoms with Crippen LogP contribution < -0.4 is 5.32 Å². The van der Waals surface area contributed by atoms with E-state index in [1.165, 1.54) is 0 Å². The molecule has 23 heavy (non-hydrogen) atoms. The second kappa shape index (κ2) is 7.44. The molecular formula is C16H19N3O4. The summed E-state index contributed by atoms with van der Waals surface area (Å²) < 4.78 is 6.70. The highest BCUT2D eigenvalue weighted by Crippen LogP contribution is 2.09. The topological polar surface area (TPSA) is 93.4 Å². The van der Waals surface area contributed by atoms with Crippen LogP contribution in [0.15, 0.2) is 36.5 Å². The van der Waals surface area contributed by atoms with Crippen molar-refractivity contribution >= 4 is 12.1 Å². The Hall–Kier alpha value is -2.83. The van der Waals surface area contributed by atoms with Gasteiger partial charge in [0.15, 0.2) is 0 Å². The van der Waals surface area contributed by atoms with Gasteiger partial charge in [-0.15, -0.1) is 0 Å². The lowest BCUT2D eigenvalue weighted by Crippen LogP contribution is -2.42. The molecule has 0 saturated carbocycles. The maximum absolute atomic E-state index is 11.8. The predicted molar refractivity (Wildman–Crippen MR) is 82.8 cm³/mol. The lowest BCUT2D eigenvalue weighted by atomic mass is 10.1. The van der Waals surface area contributed by atoms with Crippen LogP contribution >= 0.6 is 0 Å². The van der Waals surface area contributed by atoms with E-state index in [0.717, 1.165) is 16.8 Å². The molecule has 1 atom stereocenters. The van der Waals surface area contributed by atoms with Crippen molar-refractivity contribution in [2.45, 2.75) is 26.0 Å². The second-order valence-electron chi connectivity index (χ2n) is 5.18. The highest BCUT2D eigenvalue weighted by molar-refractivity contribution is 5.80. The lowest BCUT2D eigenvalue weighted by molar-refractivity contribution is -0.139. The van der Waals surface area contributed by atoms with Crippen molar-refractivity contribution in [1.29, 1.82) is 0 Å². The number of carbonyl (C=O) groups is 2. The van der Waals surface area contributed by atoms with E-state index in [9.17, 15) is 14.7 Å². The van der Waals surface area contributed by atoms with Crippen molar-refractivity contribution in [3.05, 3.63) is 53.3 Å². The Labute approximate surface area is 133 Å². The molecule has 1 unspecified atom stereocenters. The van der Waals surface area contributed by atoms with Gasteiger partial charge in [0.05, 0.1) is 6.20 Å². The number of nitrogens with zero attached hydrogens (tertiary/aromatic N) is 2. The lowest BCUT2D eigenvalue weighted by Gasteiger charge is -2.14. The zero-order valence-electron chi connectivity index (χ0n) is 13.0. The molecule has 0 spiro atoms. The molecule has 2 aromatic rings. The summed E-state index contributed by atoms with van der Waals surface area (Å²) in [4.78, 5) is 23.1. The zero-order valence-corrected chi connectivity index (χ0v) is 13.0. The van der Waals surface area contributed by atoms with E-state index in [4.69, 9.17) is 4.74 Å². The van der Waals surface area contributed by atoms with Crippen molar-refractivity contribution < 1.29 is 19.4 Å². The first-order valence-corrected chi connectivity index (χ1v) is 7.15. The van der Waals surface area contributed by atoms with Gasteiger partial charge in [-0.05, 0) is 18.1 Å². The van der Waals surface area contributed by atoms with Gasteiger partial charge in [0, 0.05) is 19.2 Å². The summed E-state index contributed by atoms with van der Waals surface area (Å²) in [5.41, 5.74) is 2.46. The third-order valence-electron chi connectivity index (χ3n) is 3.56. The number of carboxylic acids is 1. The number of hydrogen-bond donors (Lipinski definition) is 2. The van der Waals surface area contributed by atoms with E-state index < -0.39 is 18.1 Å². The summed E-state index contributed by atoms with van der Waals surface area (Å²) in [5, 5.41) is 15.7. The second-order valence-corrected chi connectivity index (χ2v) is 5.18. The fourth-order valence-electron chi connectivity index (χ4n) is 2.07. The van der Waals surface area contributed by atoms with Crippen LogP contribution in [0.1, 0.15) is 16.8 Å². The van der Waals surface area contributed by atoms with Crippen LogP contribution in [0.25, 0.3) is 0 Å². The first kappa shape index (κ1) is 16.5. The van der Waals surface area contributed by atoms with E-state index in [1.807, 2.05) is 37.3 Å². The highest BCUT2D eigenvalue weighted by atomic mass is 16.5. The van der Waals surface area contributed by atoms with Crippen LogP contribution in [0, 0.1) is 6.92 Å². The molecular weight excluding hydrogens is 298 g/mol. The number of rotatable bonds is 6. The number of aryl methyl sites for hydroxylation is 1. The summed E-state index contributed by atoms with van der Waals surface area (Å²) in [6.45, 7) is 1.93. The van der Waals surface area contributed by atoms with E-state index in [0.29, 0.717) is 0 Å². The van der Waals surface area contributed by atoms with E-state index >= 15 is 0 Å². The van der Waals surface area contributed by atoms with Crippen molar-refractivity contribution in [1.82, 2.24) is 15.1 Å². The SMILES string of the molecule is Cc1c(CC(NC(=O)OCc2ccccc2)C(=O)O)cnn1C. The number of carboxylic acid groups (broad SMARTS) is 1. The summed E-state index contributed by atoms with van der Waals surface area (Å²) in [6.07, 6.45) is 0.986. The standard InChI is InChI=1S/C16H19N3O4/c1-11-13(9-17-19(11)2)8-14(15(20)21)18-16(22)23-10-12-6-4-3-5-7-12/h3-7,9,14H,8,10H2,1-2H3,(H,18,22)(H,20,21). The Kier molecular flexibility index (Phi) is 5.35. The van der Waals surface area contributed by atoms with E-state index in [-0.39, 0.29) is 13.0 Å². The van der Waals surface area contributed by atoms with Gasteiger partial charge in [-0.2, -0.15) is 5.10 Å². The number of amides is 1. The van der Waals surface area contributed by atoms with Crippen LogP contribution in [-0.4, -0.2) is 33.0 Å². The minimum atomic E-state index is -1.12. The average molecular weight is 317 g/mol. The number of hydrogen-bond acceptors (Lipinski definition) is 4. The molecule has 7 nitrogen and oxygen atoms in total. The molecule has 0 aliphatic carbocycles. The molecule has 0 fully saturated rings. The molecule has 1 aromatic carbocycles. The van der Waals surface area contributed by atoms with E-state index in [2.05, 4.69) is 10.4 Å². The van der Waals surface area contributed by atoms with Crippen molar-refractivity contribution in [3.63, 3.8) is 0 Å². The molecule has 2 rings (SSSR count). The first-order valence-electron chi connectivity index (χ1n) is 7.15. The van der Waals surface area contributed by atoms with E-state index in [1.54, 1.807) is 17.9 Å². The van der Waals surface area contributed by atoms with Gasteiger partial charge in [-0.3, -0.25) is 4.68 Å². The number of aromatic nitrogens is 2. The molecule has 0 bridgehead atoms. The Balaban J connectivity index is 1.92. The van der Waals surface area contributed by atoms with Gasteiger partial charge in [0.25, 0.3) is 0 Å². The Bertz CT molecular complexity index is 682. The fraction of sp³-hybridized carbons (Fsp3) is 0.312. The highest BCUT2D eigenvalue weighted by Gasteiger charge is 2.23. The number of aliphatic carboxylic acids is 1. The molecule has 1 heterocycles. The zero-order chi connectivity index (χ0) is 16.8. The largest absolute Gasteiger partial charge is 0.480 e. The smallest absolute Gasteiger partial charge is 0.408 e. The van der Waals surface area contributed by atoms with Crippen molar-refractivity contribution in [2.75, 3.05) is 0 Å². The van der Waals surface area contributed by atoms with Gasteiger partial charge < -0.3 is 15.2 Å². The number of nitrogens with one attached hydrogen (secondary N) is 1. The molecule has 2 N–H and O–H groups in total. The molecule has 0 aliphatic rings. The van der Waals surface area contributed by atoms with Crippen LogP contribution in [-0.2, 0) is 29.6 Å². The molecule has 1 amide bonds. The minimum absolute atomic E-state index is 0.0882. The molecule has 1 aromatic heterocycles. The minimum Gasteiger partial charge on any atom is -0.480 e. The Morgan fingerprint density at radius 3 is 2.61 bits per heavy atom. The third kappa shape index (κ3) is 4.57. The normalized spacial score (nSPS) is 11.7. The molecule has 0 radical (unpaired) electrons. The van der Waals surface area contributed by atoms with Gasteiger partial charge in [-0.1, -0.05) is 30.3 Å². The number of ether oxygens (including phenoxy) is 1. The van der Waals surface area contributed by atoms with Gasteiger partial charge in [-0.25, -0.2) is 9.59 Å². The predicted octanol–water partition coefficient (Wildman–Crippen LogP) is 1.65. The van der Waals surface area contributed by atoms with Crippen LogP contribution in [0.3, 0.4) is 0 Å². The van der Waals surface area contributed by atoms with Crippen molar-refractivity contribution in [2.24, 2.45) is 7.05 Å². The van der Waals surface area contributed by atoms with Crippen LogP contribution in [0.5, 0.6) is 0 Å². The number of alkyl carbamates (subject to hydrolysis) is 1. The Morgan fingerprint density at radius 2 is 2.04 bits per heavy atom. The number of carbonyl (C=O) groups excluding carboxylic acids is 1. The molecule has 7 heteroatoms. The average Bonchev–Trinajstić information content (AvgIpc) is 2.85. The Morgan fingerprint density at radius 1 is 1.35 bits per heavy atom. The summed E-state index contributed by atoms with van der Waals surface area (Å²) in [5.74, 6) is -1.12. The fourth-order valence-corrected chi connectivity index (χ4v) is 2.07. The molecule has 122 valence electrons. The van der Waals surface area contributed by atoms with Crippen LogP contribution in [0.4, 0.5) is 4.79 Å². The quantitative estimate of drug-likeness (QED) is 0.845. The first-order chi connectivity index (χ1) is 11.0. The number of benzene rings is 1. The maximum Gasteiger partial charge on any atom is 0.408 e. The summed E-state index contributed by atoms with van der Waals surface area (Å²) in [7, 11) is 1.77. The van der Waals surface area contributed by atoms with Crippen LogP contribution in [0.2, 0.25) is 0 Å². The summed E-state index contributed by atoms with van der Waals surface area (Å²) >= 11 is 0.